The number of nitrogens with two attached hydrogens (primary N) is 1. The van der Waals surface area contributed by atoms with Gasteiger partial charge in [-0.2, -0.15) is 0 Å². The molecule has 106 valence electrons. The molecule has 2 N–H and O–H groups in total. The first-order valence-electron chi connectivity index (χ1n) is 6.90. The first-order valence-corrected chi connectivity index (χ1v) is 6.90. The van der Waals surface area contributed by atoms with Gasteiger partial charge in [-0.3, -0.25) is 0 Å². The average Bonchev–Trinajstić information content (AvgIpc) is 2.46. The molecule has 0 amide bonds. The molecule has 0 bridgehead atoms. The highest BCUT2D eigenvalue weighted by Crippen LogP contribution is 2.22. The van der Waals surface area contributed by atoms with Crippen LogP contribution in [0.1, 0.15) is 12.8 Å². The molecule has 0 aliphatic carbocycles. The molecule has 1 aromatic rings. The van der Waals surface area contributed by atoms with Gasteiger partial charge in [-0.05, 0) is 51.0 Å². The van der Waals surface area contributed by atoms with Gasteiger partial charge >= 0.3 is 0 Å². The molecular weight excluding hydrogens is 240 g/mol. The summed E-state index contributed by atoms with van der Waals surface area (Å²) in [5, 5.41) is 0. The molecule has 4 nitrogen and oxygen atoms in total. The Morgan fingerprint density at radius 2 is 2.00 bits per heavy atom. The zero-order chi connectivity index (χ0) is 13.7. The second kappa shape index (κ2) is 6.78. The third-order valence-electron chi connectivity index (χ3n) is 3.85. The number of rotatable bonds is 5. The third kappa shape index (κ3) is 4.11. The van der Waals surface area contributed by atoms with Crippen LogP contribution in [0, 0.1) is 5.92 Å². The van der Waals surface area contributed by atoms with Crippen LogP contribution in [0.15, 0.2) is 24.3 Å². The number of ether oxygens (including phenoxy) is 2. The SMILES string of the molecule is COc1cccc(OCC(N)C2CCN(C)CC2)c1. The molecule has 1 aromatic carbocycles. The van der Waals surface area contributed by atoms with Crippen LogP contribution in [0.5, 0.6) is 11.5 Å². The molecule has 1 fully saturated rings. The first-order chi connectivity index (χ1) is 9.19. The van der Waals surface area contributed by atoms with E-state index in [-0.39, 0.29) is 6.04 Å². The van der Waals surface area contributed by atoms with E-state index in [2.05, 4.69) is 11.9 Å². The second-order valence-corrected chi connectivity index (χ2v) is 5.29. The van der Waals surface area contributed by atoms with Crippen LogP contribution in [0.2, 0.25) is 0 Å². The zero-order valence-electron chi connectivity index (χ0n) is 11.8. The molecule has 0 saturated carbocycles. The summed E-state index contributed by atoms with van der Waals surface area (Å²) < 4.78 is 10.9. The zero-order valence-corrected chi connectivity index (χ0v) is 11.8. The standard InChI is InChI=1S/C15H24N2O2/c1-17-8-6-12(7-9-17)15(16)11-19-14-5-3-4-13(10-14)18-2/h3-5,10,12,15H,6-9,11,16H2,1-2H3. The molecule has 1 atom stereocenters. The van der Waals surface area contributed by atoms with E-state index >= 15 is 0 Å². The minimum absolute atomic E-state index is 0.111. The van der Waals surface area contributed by atoms with E-state index in [1.807, 2.05) is 24.3 Å². The topological polar surface area (TPSA) is 47.7 Å². The van der Waals surface area contributed by atoms with Crippen LogP contribution in [0.4, 0.5) is 0 Å². The number of benzene rings is 1. The van der Waals surface area contributed by atoms with Gasteiger partial charge in [0.1, 0.15) is 18.1 Å². The van der Waals surface area contributed by atoms with Crippen LogP contribution < -0.4 is 15.2 Å². The van der Waals surface area contributed by atoms with Crippen molar-refractivity contribution >= 4 is 0 Å². The van der Waals surface area contributed by atoms with E-state index in [0.717, 1.165) is 24.6 Å². The van der Waals surface area contributed by atoms with Crippen molar-refractivity contribution in [3.05, 3.63) is 24.3 Å². The summed E-state index contributed by atoms with van der Waals surface area (Å²) in [5.74, 6) is 2.20. The van der Waals surface area contributed by atoms with Crippen molar-refractivity contribution in [1.29, 1.82) is 0 Å². The maximum Gasteiger partial charge on any atom is 0.123 e. The van der Waals surface area contributed by atoms with Crippen LogP contribution in [0.25, 0.3) is 0 Å². The predicted molar refractivity (Wildman–Crippen MR) is 76.7 cm³/mol. The third-order valence-corrected chi connectivity index (χ3v) is 3.85. The Labute approximate surface area is 115 Å². The van der Waals surface area contributed by atoms with Gasteiger partial charge in [0.05, 0.1) is 7.11 Å². The predicted octanol–water partition coefficient (Wildman–Crippen LogP) is 1.74. The Balaban J connectivity index is 1.80. The maximum absolute atomic E-state index is 6.24. The molecule has 1 saturated heterocycles. The fourth-order valence-corrected chi connectivity index (χ4v) is 2.48. The Morgan fingerprint density at radius 3 is 2.68 bits per heavy atom. The Bertz CT molecular complexity index is 389. The molecule has 1 aliphatic rings. The van der Waals surface area contributed by atoms with Gasteiger partial charge in [0.15, 0.2) is 0 Å². The molecule has 0 spiro atoms. The molecule has 0 aromatic heterocycles. The lowest BCUT2D eigenvalue weighted by atomic mass is 9.90. The summed E-state index contributed by atoms with van der Waals surface area (Å²) in [5.41, 5.74) is 6.24. The summed E-state index contributed by atoms with van der Waals surface area (Å²) >= 11 is 0. The van der Waals surface area contributed by atoms with Gasteiger partial charge in [0, 0.05) is 12.1 Å². The van der Waals surface area contributed by atoms with E-state index in [1.54, 1.807) is 7.11 Å². The number of methoxy groups -OCH3 is 1. The normalized spacial score (nSPS) is 19.1. The van der Waals surface area contributed by atoms with Gasteiger partial charge in [0.2, 0.25) is 0 Å². The first kappa shape index (κ1) is 14.2. The molecule has 19 heavy (non-hydrogen) atoms. The average molecular weight is 264 g/mol. The molecule has 1 unspecified atom stereocenters. The Hall–Kier alpha value is -1.26. The van der Waals surface area contributed by atoms with Crippen LogP contribution >= 0.6 is 0 Å². The quantitative estimate of drug-likeness (QED) is 0.880. The van der Waals surface area contributed by atoms with E-state index in [4.69, 9.17) is 15.2 Å². The molecule has 0 radical (unpaired) electrons. The fraction of sp³-hybridized carbons (Fsp3) is 0.600. The highest BCUT2D eigenvalue weighted by Gasteiger charge is 2.23. The highest BCUT2D eigenvalue weighted by molar-refractivity contribution is 5.32. The number of hydrogen-bond donors (Lipinski definition) is 1. The Morgan fingerprint density at radius 1 is 1.32 bits per heavy atom. The van der Waals surface area contributed by atoms with Crippen LogP contribution in [0.3, 0.4) is 0 Å². The van der Waals surface area contributed by atoms with Crippen LogP contribution in [-0.2, 0) is 0 Å². The van der Waals surface area contributed by atoms with E-state index < -0.39 is 0 Å². The lowest BCUT2D eigenvalue weighted by Crippen LogP contribution is -2.42. The maximum atomic E-state index is 6.24. The lowest BCUT2D eigenvalue weighted by Gasteiger charge is -2.32. The minimum Gasteiger partial charge on any atom is -0.497 e. The van der Waals surface area contributed by atoms with Crippen molar-refractivity contribution in [2.45, 2.75) is 18.9 Å². The minimum atomic E-state index is 0.111. The number of piperidine rings is 1. The second-order valence-electron chi connectivity index (χ2n) is 5.29. The number of nitrogens with zero attached hydrogens (tertiary/aromatic N) is 1. The van der Waals surface area contributed by atoms with Crippen molar-refractivity contribution in [3.8, 4) is 11.5 Å². The van der Waals surface area contributed by atoms with E-state index in [0.29, 0.717) is 12.5 Å². The smallest absolute Gasteiger partial charge is 0.123 e. The van der Waals surface area contributed by atoms with Gasteiger partial charge in [-0.15, -0.1) is 0 Å². The Kier molecular flexibility index (Phi) is 5.05. The molecule has 1 aliphatic heterocycles. The van der Waals surface area contributed by atoms with Gasteiger partial charge in [-0.25, -0.2) is 0 Å². The van der Waals surface area contributed by atoms with Gasteiger partial charge < -0.3 is 20.1 Å². The van der Waals surface area contributed by atoms with Crippen LogP contribution in [-0.4, -0.2) is 44.8 Å². The molecule has 4 heteroatoms. The van der Waals surface area contributed by atoms with Crippen molar-refractivity contribution in [2.24, 2.45) is 11.7 Å². The van der Waals surface area contributed by atoms with Crippen molar-refractivity contribution < 1.29 is 9.47 Å². The summed E-state index contributed by atoms with van der Waals surface area (Å²) in [6.07, 6.45) is 2.33. The monoisotopic (exact) mass is 264 g/mol. The molecule has 2 rings (SSSR count). The highest BCUT2D eigenvalue weighted by atomic mass is 16.5. The summed E-state index contributed by atoms with van der Waals surface area (Å²) in [4.78, 5) is 2.35. The summed E-state index contributed by atoms with van der Waals surface area (Å²) in [6, 6.07) is 7.77. The number of likely N-dealkylation sites (tertiary alicyclic amines) is 1. The summed E-state index contributed by atoms with van der Waals surface area (Å²) in [6.45, 7) is 2.84. The molecule has 1 heterocycles. The van der Waals surface area contributed by atoms with E-state index in [9.17, 15) is 0 Å². The number of hydrogen-bond acceptors (Lipinski definition) is 4. The molecular formula is C15H24N2O2. The lowest BCUT2D eigenvalue weighted by molar-refractivity contribution is 0.166. The van der Waals surface area contributed by atoms with Crippen molar-refractivity contribution in [3.63, 3.8) is 0 Å². The fourth-order valence-electron chi connectivity index (χ4n) is 2.48. The van der Waals surface area contributed by atoms with Gasteiger partial charge in [-0.1, -0.05) is 6.07 Å². The largest absolute Gasteiger partial charge is 0.497 e. The van der Waals surface area contributed by atoms with E-state index in [1.165, 1.54) is 12.8 Å². The van der Waals surface area contributed by atoms with Crippen molar-refractivity contribution in [1.82, 2.24) is 4.90 Å². The van der Waals surface area contributed by atoms with Crippen molar-refractivity contribution in [2.75, 3.05) is 33.9 Å². The van der Waals surface area contributed by atoms with Gasteiger partial charge in [0.25, 0.3) is 0 Å². The summed E-state index contributed by atoms with van der Waals surface area (Å²) in [7, 11) is 3.82.